The summed E-state index contributed by atoms with van der Waals surface area (Å²) < 4.78 is 6.57. The molecular weight excluding hydrogens is 439 g/mol. The third-order valence-electron chi connectivity index (χ3n) is 5.09. The summed E-state index contributed by atoms with van der Waals surface area (Å²) in [4.78, 5) is 24.2. The summed E-state index contributed by atoms with van der Waals surface area (Å²) >= 11 is 12.5. The lowest BCUT2D eigenvalue weighted by Crippen LogP contribution is -2.34. The highest BCUT2D eigenvalue weighted by Crippen LogP contribution is 2.27. The molecule has 1 aliphatic heterocycles. The molecule has 0 atom stereocenters. The zero-order valence-corrected chi connectivity index (χ0v) is 17.6. The first-order chi connectivity index (χ1) is 15.0. The number of halogens is 2. The minimum Gasteiger partial charge on any atom is -0.376 e. The summed E-state index contributed by atoms with van der Waals surface area (Å²) in [6.07, 6.45) is 2.33. The maximum Gasteiger partial charge on any atom is 0.333 e. The number of nitrogens with zero attached hydrogens (tertiary/aromatic N) is 3. The Labute approximate surface area is 186 Å². The number of aromatic nitrogens is 4. The van der Waals surface area contributed by atoms with Crippen LogP contribution in [0.15, 0.2) is 47.4 Å². The molecule has 1 aliphatic rings. The molecule has 0 aliphatic carbocycles. The number of H-pyrrole nitrogens is 1. The van der Waals surface area contributed by atoms with E-state index in [4.69, 9.17) is 33.3 Å². The van der Waals surface area contributed by atoms with Crippen molar-refractivity contribution < 1.29 is 4.74 Å². The van der Waals surface area contributed by atoms with Crippen molar-refractivity contribution in [2.45, 2.75) is 13.0 Å². The fraction of sp³-hybridized carbons (Fsp3) is 0.143. The van der Waals surface area contributed by atoms with Crippen molar-refractivity contribution in [3.63, 3.8) is 0 Å². The number of hydrogen-bond donors (Lipinski definition) is 3. The average molecular weight is 455 g/mol. The number of benzene rings is 2. The summed E-state index contributed by atoms with van der Waals surface area (Å²) in [5.74, 6) is 0.308. The first kappa shape index (κ1) is 19.7. The van der Waals surface area contributed by atoms with Crippen LogP contribution in [0.3, 0.4) is 0 Å². The molecule has 0 amide bonds. The first-order valence-corrected chi connectivity index (χ1v) is 10.2. The van der Waals surface area contributed by atoms with Gasteiger partial charge in [-0.25, -0.2) is 14.3 Å². The quantitative estimate of drug-likeness (QED) is 0.437. The lowest BCUT2D eigenvalue weighted by molar-refractivity contribution is 0.111. The van der Waals surface area contributed by atoms with Crippen molar-refractivity contribution in [3.8, 4) is 5.69 Å². The van der Waals surface area contributed by atoms with Gasteiger partial charge >= 0.3 is 5.69 Å². The number of nitrogens with one attached hydrogen (secondary N) is 3. The average Bonchev–Trinajstić information content (AvgIpc) is 2.75. The fourth-order valence-corrected chi connectivity index (χ4v) is 4.14. The number of ether oxygens (including phenoxy) is 1. The van der Waals surface area contributed by atoms with Gasteiger partial charge in [0, 0.05) is 11.9 Å². The Balaban J connectivity index is 1.56. The van der Waals surface area contributed by atoms with E-state index in [2.05, 4.69) is 20.3 Å². The minimum absolute atomic E-state index is 0.117. The van der Waals surface area contributed by atoms with Gasteiger partial charge in [-0.3, -0.25) is 10.4 Å². The summed E-state index contributed by atoms with van der Waals surface area (Å²) in [6, 6.07) is 10.9. The van der Waals surface area contributed by atoms with Crippen LogP contribution in [-0.2, 0) is 17.8 Å². The van der Waals surface area contributed by atoms with E-state index in [1.807, 2.05) is 18.2 Å². The molecule has 0 unspecified atom stereocenters. The summed E-state index contributed by atoms with van der Waals surface area (Å²) in [5.41, 5.74) is 3.00. The van der Waals surface area contributed by atoms with E-state index in [9.17, 15) is 4.79 Å². The molecule has 5 rings (SSSR count). The van der Waals surface area contributed by atoms with Crippen molar-refractivity contribution in [2.75, 3.05) is 11.9 Å². The molecule has 0 bridgehead atoms. The van der Waals surface area contributed by atoms with Gasteiger partial charge in [-0.15, -0.1) is 0 Å². The van der Waals surface area contributed by atoms with Crippen molar-refractivity contribution >= 4 is 45.9 Å². The van der Waals surface area contributed by atoms with Gasteiger partial charge in [0.1, 0.15) is 5.49 Å². The minimum atomic E-state index is -0.578. The lowest BCUT2D eigenvalue weighted by Gasteiger charge is -2.17. The first-order valence-electron chi connectivity index (χ1n) is 9.49. The largest absolute Gasteiger partial charge is 0.376 e. The molecule has 0 fully saturated rings. The van der Waals surface area contributed by atoms with Crippen LogP contribution in [0.5, 0.6) is 0 Å². The molecule has 156 valence electrons. The Morgan fingerprint density at radius 3 is 2.77 bits per heavy atom. The monoisotopic (exact) mass is 454 g/mol. The third kappa shape index (κ3) is 3.59. The van der Waals surface area contributed by atoms with Crippen LogP contribution < -0.4 is 16.5 Å². The van der Waals surface area contributed by atoms with Crippen LogP contribution in [0.2, 0.25) is 10.0 Å². The van der Waals surface area contributed by atoms with Gasteiger partial charge < -0.3 is 10.1 Å². The number of para-hydroxylation sites is 1. The van der Waals surface area contributed by atoms with E-state index in [0.29, 0.717) is 24.5 Å². The van der Waals surface area contributed by atoms with E-state index in [-0.39, 0.29) is 26.9 Å². The normalized spacial score (nSPS) is 13.2. The zero-order chi connectivity index (χ0) is 21.5. The van der Waals surface area contributed by atoms with E-state index < -0.39 is 5.69 Å². The second kappa shape index (κ2) is 7.81. The Hall–Kier alpha value is -3.20. The van der Waals surface area contributed by atoms with Gasteiger partial charge in [-0.1, -0.05) is 35.3 Å². The molecule has 3 heterocycles. The number of rotatable bonds is 3. The van der Waals surface area contributed by atoms with Gasteiger partial charge in [0.25, 0.3) is 0 Å². The fourth-order valence-electron chi connectivity index (χ4n) is 3.58. The maximum absolute atomic E-state index is 12.8. The smallest absolute Gasteiger partial charge is 0.333 e. The highest BCUT2D eigenvalue weighted by atomic mass is 35.5. The van der Waals surface area contributed by atoms with E-state index in [1.54, 1.807) is 18.2 Å². The SMILES string of the molecule is N=c1c2cnc(Nc3ccc4c(c3)CCOC4)nc2[nH]c(=O)n1-c1c(Cl)cccc1Cl. The van der Waals surface area contributed by atoms with Gasteiger partial charge in [0.05, 0.1) is 34.3 Å². The van der Waals surface area contributed by atoms with Gasteiger partial charge in [-0.2, -0.15) is 4.98 Å². The number of anilines is 2. The Morgan fingerprint density at radius 1 is 1.16 bits per heavy atom. The molecule has 3 N–H and O–H groups in total. The van der Waals surface area contributed by atoms with Crippen LogP contribution in [-0.4, -0.2) is 26.1 Å². The van der Waals surface area contributed by atoms with E-state index in [0.717, 1.165) is 16.7 Å². The highest BCUT2D eigenvalue weighted by molar-refractivity contribution is 6.37. The molecule has 0 radical (unpaired) electrons. The summed E-state index contributed by atoms with van der Waals surface area (Å²) in [7, 11) is 0. The number of fused-ring (bicyclic) bond motifs is 2. The van der Waals surface area contributed by atoms with Gasteiger partial charge in [0.2, 0.25) is 5.95 Å². The Kier molecular flexibility index (Phi) is 4.97. The number of aromatic amines is 1. The zero-order valence-electron chi connectivity index (χ0n) is 16.1. The topological polar surface area (TPSA) is 109 Å². The van der Waals surface area contributed by atoms with E-state index in [1.165, 1.54) is 17.3 Å². The van der Waals surface area contributed by atoms with Crippen LogP contribution in [0.4, 0.5) is 11.6 Å². The number of hydrogen-bond acceptors (Lipinski definition) is 6. The maximum atomic E-state index is 12.8. The molecule has 0 saturated carbocycles. The Bertz CT molecular complexity index is 1430. The van der Waals surface area contributed by atoms with Crippen molar-refractivity contribution in [1.82, 2.24) is 19.5 Å². The molecule has 2 aromatic heterocycles. The predicted molar refractivity (Wildman–Crippen MR) is 118 cm³/mol. The predicted octanol–water partition coefficient (Wildman–Crippen LogP) is 3.71. The molecule has 0 spiro atoms. The van der Waals surface area contributed by atoms with Gasteiger partial charge in [0.15, 0.2) is 5.65 Å². The van der Waals surface area contributed by atoms with Crippen LogP contribution >= 0.6 is 23.2 Å². The summed E-state index contributed by atoms with van der Waals surface area (Å²) in [6.45, 7) is 1.32. The van der Waals surface area contributed by atoms with E-state index >= 15 is 0 Å². The molecule has 8 nitrogen and oxygen atoms in total. The molecule has 2 aromatic carbocycles. The Morgan fingerprint density at radius 2 is 1.97 bits per heavy atom. The second-order valence-corrected chi connectivity index (χ2v) is 7.87. The van der Waals surface area contributed by atoms with Crippen LogP contribution in [0, 0.1) is 5.41 Å². The molecule has 4 aromatic rings. The van der Waals surface area contributed by atoms with Gasteiger partial charge in [-0.05, 0) is 41.8 Å². The lowest BCUT2D eigenvalue weighted by atomic mass is 10.0. The molecule has 31 heavy (non-hydrogen) atoms. The summed E-state index contributed by atoms with van der Waals surface area (Å²) in [5, 5.41) is 12.5. The van der Waals surface area contributed by atoms with Crippen LogP contribution in [0.25, 0.3) is 16.7 Å². The van der Waals surface area contributed by atoms with Crippen molar-refractivity contribution in [3.05, 3.63) is 79.7 Å². The second-order valence-electron chi connectivity index (χ2n) is 7.05. The third-order valence-corrected chi connectivity index (χ3v) is 5.70. The highest BCUT2D eigenvalue weighted by Gasteiger charge is 2.15. The van der Waals surface area contributed by atoms with Crippen molar-refractivity contribution in [1.29, 1.82) is 5.41 Å². The van der Waals surface area contributed by atoms with Crippen molar-refractivity contribution in [2.24, 2.45) is 0 Å². The van der Waals surface area contributed by atoms with Crippen LogP contribution in [0.1, 0.15) is 11.1 Å². The molecule has 10 heteroatoms. The standard InChI is InChI=1S/C21H16Cl2N6O2/c22-15-2-1-3-16(23)17(15)29-18(24)14-9-25-20(27-19(14)28-21(29)30)26-13-5-4-12-10-31-7-6-11(12)8-13/h1-5,8-9,24H,6-7,10H2,(H2,25,26,27,28,30). The molecule has 0 saturated heterocycles. The molecular formula is C21H16Cl2N6O2.